The molecule has 0 fully saturated rings. The fourth-order valence-corrected chi connectivity index (χ4v) is 1.15. The molecule has 0 spiro atoms. The van der Waals surface area contributed by atoms with Crippen LogP contribution in [-0.4, -0.2) is 23.5 Å². The molecule has 1 rings (SSSR count). The van der Waals surface area contributed by atoms with Crippen LogP contribution in [0.5, 0.6) is 0 Å². The number of hydrogen-bond acceptors (Lipinski definition) is 2. The first-order valence-electron chi connectivity index (χ1n) is 5.46. The standard InChI is InChI=1S/C8H12.C4H3F3O3/c1-2-4-6-8-7-5-3-1;5-4(6,7)2(1-8)3(9)10/h1-4H,5-8H2;1-2H,(H,9,10). The van der Waals surface area contributed by atoms with Crippen LogP contribution in [0, 0.1) is 5.92 Å². The third-order valence-corrected chi connectivity index (χ3v) is 2.13. The van der Waals surface area contributed by atoms with Gasteiger partial charge in [-0.3, -0.25) is 4.79 Å². The van der Waals surface area contributed by atoms with E-state index in [0.717, 1.165) is 0 Å². The Morgan fingerprint density at radius 1 is 1.17 bits per heavy atom. The van der Waals surface area contributed by atoms with Gasteiger partial charge in [-0.25, -0.2) is 0 Å². The lowest BCUT2D eigenvalue weighted by atomic mass is 10.1. The summed E-state index contributed by atoms with van der Waals surface area (Å²) in [5.74, 6) is -5.07. The van der Waals surface area contributed by atoms with Gasteiger partial charge in [-0.1, -0.05) is 24.3 Å². The van der Waals surface area contributed by atoms with Crippen molar-refractivity contribution in [2.24, 2.45) is 5.92 Å². The maximum Gasteiger partial charge on any atom is 0.408 e. The van der Waals surface area contributed by atoms with Gasteiger partial charge >= 0.3 is 12.1 Å². The number of rotatable bonds is 2. The first-order valence-corrected chi connectivity index (χ1v) is 5.46. The first-order chi connectivity index (χ1) is 8.39. The fourth-order valence-electron chi connectivity index (χ4n) is 1.15. The molecule has 6 heteroatoms. The molecule has 0 heterocycles. The molecule has 1 atom stereocenters. The van der Waals surface area contributed by atoms with Gasteiger partial charge in [0.15, 0.2) is 0 Å². The molecule has 0 radical (unpaired) electrons. The van der Waals surface area contributed by atoms with Gasteiger partial charge in [0.1, 0.15) is 6.29 Å². The molecule has 18 heavy (non-hydrogen) atoms. The third-order valence-electron chi connectivity index (χ3n) is 2.13. The molecule has 0 aliphatic heterocycles. The average Bonchev–Trinajstić information content (AvgIpc) is 2.14. The molecule has 0 bridgehead atoms. The molecule has 3 nitrogen and oxygen atoms in total. The van der Waals surface area contributed by atoms with E-state index in [2.05, 4.69) is 24.3 Å². The largest absolute Gasteiger partial charge is 0.480 e. The Morgan fingerprint density at radius 2 is 1.61 bits per heavy atom. The number of alkyl halides is 3. The summed E-state index contributed by atoms with van der Waals surface area (Å²) in [7, 11) is 0. The summed E-state index contributed by atoms with van der Waals surface area (Å²) in [6.45, 7) is 0. The van der Waals surface area contributed by atoms with E-state index in [0.29, 0.717) is 0 Å². The Balaban J connectivity index is 0.000000327. The highest BCUT2D eigenvalue weighted by Crippen LogP contribution is 2.24. The van der Waals surface area contributed by atoms with Crippen molar-refractivity contribution in [3.63, 3.8) is 0 Å². The van der Waals surface area contributed by atoms with Crippen molar-refractivity contribution >= 4 is 12.3 Å². The third kappa shape index (κ3) is 7.65. The summed E-state index contributed by atoms with van der Waals surface area (Å²) < 4.78 is 34.1. The number of carboxylic acids is 1. The summed E-state index contributed by atoms with van der Waals surface area (Å²) >= 11 is 0. The highest BCUT2D eigenvalue weighted by molar-refractivity contribution is 5.87. The number of hydrogen-bond donors (Lipinski definition) is 1. The minimum Gasteiger partial charge on any atom is -0.480 e. The molecule has 0 amide bonds. The van der Waals surface area contributed by atoms with Crippen molar-refractivity contribution in [1.82, 2.24) is 0 Å². The minimum atomic E-state index is -4.98. The smallest absolute Gasteiger partial charge is 0.408 e. The van der Waals surface area contributed by atoms with E-state index in [1.54, 1.807) is 0 Å². The van der Waals surface area contributed by atoms with Gasteiger partial charge in [0.05, 0.1) is 0 Å². The van der Waals surface area contributed by atoms with Crippen LogP contribution in [-0.2, 0) is 9.59 Å². The molecule has 1 unspecified atom stereocenters. The Labute approximate surface area is 103 Å². The maximum absolute atomic E-state index is 11.4. The number of carboxylic acid groups (broad SMARTS) is 1. The zero-order valence-corrected chi connectivity index (χ0v) is 9.69. The van der Waals surface area contributed by atoms with E-state index in [4.69, 9.17) is 5.11 Å². The normalized spacial score (nSPS) is 16.8. The quantitative estimate of drug-likeness (QED) is 0.615. The second-order valence-corrected chi connectivity index (χ2v) is 3.63. The van der Waals surface area contributed by atoms with Crippen LogP contribution < -0.4 is 0 Å². The fraction of sp³-hybridized carbons (Fsp3) is 0.500. The van der Waals surface area contributed by atoms with Gasteiger partial charge in [0.25, 0.3) is 0 Å². The van der Waals surface area contributed by atoms with Crippen LogP contribution in [0.1, 0.15) is 25.7 Å². The number of halogens is 3. The molecule has 1 aliphatic carbocycles. The summed E-state index contributed by atoms with van der Waals surface area (Å²) in [6.07, 6.45) is 8.37. The Morgan fingerprint density at radius 3 is 1.83 bits per heavy atom. The van der Waals surface area contributed by atoms with Crippen molar-refractivity contribution in [3.8, 4) is 0 Å². The minimum absolute atomic E-state index is 0.650. The summed E-state index contributed by atoms with van der Waals surface area (Å²) in [5.41, 5.74) is 0. The number of carbonyl (C=O) groups is 2. The van der Waals surface area contributed by atoms with Gasteiger partial charge in [-0.15, -0.1) is 0 Å². The van der Waals surface area contributed by atoms with Crippen LogP contribution in [0.2, 0.25) is 0 Å². The van der Waals surface area contributed by atoms with E-state index >= 15 is 0 Å². The lowest BCUT2D eigenvalue weighted by Gasteiger charge is -2.07. The van der Waals surface area contributed by atoms with Crippen molar-refractivity contribution in [2.75, 3.05) is 0 Å². The zero-order valence-electron chi connectivity index (χ0n) is 9.69. The monoisotopic (exact) mass is 264 g/mol. The molecular weight excluding hydrogens is 249 g/mol. The predicted molar refractivity (Wildman–Crippen MR) is 60.0 cm³/mol. The van der Waals surface area contributed by atoms with E-state index < -0.39 is 24.3 Å². The van der Waals surface area contributed by atoms with Gasteiger partial charge in [0.2, 0.25) is 5.92 Å². The molecule has 102 valence electrons. The summed E-state index contributed by atoms with van der Waals surface area (Å²) in [5, 5.41) is 7.76. The predicted octanol–water partition coefficient (Wildman–Crippen LogP) is 3.12. The van der Waals surface area contributed by atoms with Crippen LogP contribution in [0.4, 0.5) is 13.2 Å². The molecule has 0 saturated carbocycles. The Hall–Kier alpha value is -1.59. The van der Waals surface area contributed by atoms with Gasteiger partial charge in [-0.2, -0.15) is 13.2 Å². The zero-order chi connectivity index (χ0) is 14.0. The number of aldehydes is 1. The first kappa shape index (κ1) is 16.4. The van der Waals surface area contributed by atoms with E-state index in [-0.39, 0.29) is 0 Å². The van der Waals surface area contributed by atoms with Crippen molar-refractivity contribution in [3.05, 3.63) is 24.3 Å². The van der Waals surface area contributed by atoms with Crippen molar-refractivity contribution in [1.29, 1.82) is 0 Å². The lowest BCUT2D eigenvalue weighted by molar-refractivity contribution is -0.190. The van der Waals surface area contributed by atoms with Crippen molar-refractivity contribution in [2.45, 2.75) is 31.9 Å². The van der Waals surface area contributed by atoms with Gasteiger partial charge in [0, 0.05) is 0 Å². The second kappa shape index (κ2) is 8.49. The highest BCUT2D eigenvalue weighted by Gasteiger charge is 2.44. The molecule has 0 saturated heterocycles. The average molecular weight is 264 g/mol. The van der Waals surface area contributed by atoms with Crippen molar-refractivity contribution < 1.29 is 27.9 Å². The van der Waals surface area contributed by atoms with E-state index in [1.807, 2.05) is 0 Å². The van der Waals surface area contributed by atoms with Crippen LogP contribution in [0.25, 0.3) is 0 Å². The van der Waals surface area contributed by atoms with E-state index in [1.165, 1.54) is 25.7 Å². The van der Waals surface area contributed by atoms with Crippen LogP contribution in [0.3, 0.4) is 0 Å². The Bertz CT molecular complexity index is 305. The molecule has 0 aromatic carbocycles. The highest BCUT2D eigenvalue weighted by atomic mass is 19.4. The topological polar surface area (TPSA) is 54.4 Å². The molecule has 0 aromatic heterocycles. The molecular formula is C12H15F3O3. The number of carbonyl (C=O) groups excluding carboxylic acids is 1. The number of allylic oxidation sites excluding steroid dienone is 4. The van der Waals surface area contributed by atoms with E-state index in [9.17, 15) is 22.8 Å². The van der Waals surface area contributed by atoms with Gasteiger partial charge in [-0.05, 0) is 25.7 Å². The van der Waals surface area contributed by atoms with Crippen LogP contribution >= 0.6 is 0 Å². The maximum atomic E-state index is 11.4. The molecule has 1 N–H and O–H groups in total. The van der Waals surface area contributed by atoms with Gasteiger partial charge < -0.3 is 9.90 Å². The van der Waals surface area contributed by atoms with Crippen LogP contribution in [0.15, 0.2) is 24.3 Å². The Kier molecular flexibility index (Phi) is 7.74. The summed E-state index contributed by atoms with van der Waals surface area (Å²) in [6, 6.07) is 0. The SMILES string of the molecule is C1=CCCCCC=C1.O=CC(C(=O)O)C(F)(F)F. The lowest BCUT2D eigenvalue weighted by Crippen LogP contribution is -2.31. The summed E-state index contributed by atoms with van der Waals surface area (Å²) in [4.78, 5) is 19.1. The molecule has 1 aliphatic rings. The molecule has 0 aromatic rings. The second-order valence-electron chi connectivity index (χ2n) is 3.63. The number of aliphatic carboxylic acids is 1.